The van der Waals surface area contributed by atoms with Gasteiger partial charge in [0.1, 0.15) is 11.8 Å². The number of benzene rings is 1. The molecule has 0 saturated heterocycles. The van der Waals surface area contributed by atoms with E-state index in [0.717, 1.165) is 0 Å². The SMILES string of the molecule is CCOc1cc(Cl)ccc1NC(=O)C(N)COC. The summed E-state index contributed by atoms with van der Waals surface area (Å²) in [5.74, 6) is 0.183. The minimum absolute atomic E-state index is 0.156. The molecule has 1 rings (SSSR count). The fraction of sp³-hybridized carbons (Fsp3) is 0.417. The summed E-state index contributed by atoms with van der Waals surface area (Å²) in [5.41, 5.74) is 6.17. The van der Waals surface area contributed by atoms with Crippen LogP contribution in [0.25, 0.3) is 0 Å². The third kappa shape index (κ3) is 4.18. The molecule has 0 spiro atoms. The molecule has 0 bridgehead atoms. The third-order valence-electron chi connectivity index (χ3n) is 2.18. The van der Waals surface area contributed by atoms with E-state index in [4.69, 9.17) is 26.8 Å². The minimum atomic E-state index is -0.722. The molecule has 5 nitrogen and oxygen atoms in total. The van der Waals surface area contributed by atoms with Gasteiger partial charge in [0.15, 0.2) is 0 Å². The summed E-state index contributed by atoms with van der Waals surface area (Å²) in [5, 5.41) is 3.22. The molecule has 1 aromatic carbocycles. The van der Waals surface area contributed by atoms with Gasteiger partial charge in [-0.05, 0) is 19.1 Å². The largest absolute Gasteiger partial charge is 0.492 e. The number of hydrogen-bond acceptors (Lipinski definition) is 4. The molecule has 0 aliphatic rings. The Balaban J connectivity index is 2.80. The summed E-state index contributed by atoms with van der Waals surface area (Å²) in [6, 6.07) is 4.26. The Bertz CT molecular complexity index is 412. The average Bonchev–Trinajstić information content (AvgIpc) is 2.33. The van der Waals surface area contributed by atoms with Crippen LogP contribution in [-0.4, -0.2) is 32.3 Å². The normalized spacial score (nSPS) is 12.0. The molecular formula is C12H17ClN2O3. The zero-order valence-corrected chi connectivity index (χ0v) is 11.2. The van der Waals surface area contributed by atoms with Crippen molar-refractivity contribution in [2.45, 2.75) is 13.0 Å². The summed E-state index contributed by atoms with van der Waals surface area (Å²) in [4.78, 5) is 11.7. The molecule has 3 N–H and O–H groups in total. The Morgan fingerprint density at radius 3 is 2.89 bits per heavy atom. The van der Waals surface area contributed by atoms with Crippen molar-refractivity contribution in [3.05, 3.63) is 23.2 Å². The number of rotatable bonds is 6. The molecule has 1 atom stereocenters. The van der Waals surface area contributed by atoms with E-state index in [-0.39, 0.29) is 12.5 Å². The molecule has 18 heavy (non-hydrogen) atoms. The number of methoxy groups -OCH3 is 1. The molecule has 100 valence electrons. The summed E-state index contributed by atoms with van der Waals surface area (Å²) < 4.78 is 10.2. The number of carbonyl (C=O) groups excluding carboxylic acids is 1. The Morgan fingerprint density at radius 2 is 2.28 bits per heavy atom. The predicted molar refractivity (Wildman–Crippen MR) is 71.1 cm³/mol. The summed E-state index contributed by atoms with van der Waals surface area (Å²) in [7, 11) is 1.49. The number of amides is 1. The standard InChI is InChI=1S/C12H17ClN2O3/c1-3-18-11-6-8(13)4-5-10(11)15-12(16)9(14)7-17-2/h4-6,9H,3,7,14H2,1-2H3,(H,15,16). The maximum atomic E-state index is 11.7. The number of ether oxygens (including phenoxy) is 2. The Kier molecular flexibility index (Phi) is 5.91. The van der Waals surface area contributed by atoms with Gasteiger partial charge in [0.25, 0.3) is 0 Å². The highest BCUT2D eigenvalue weighted by atomic mass is 35.5. The second-order valence-electron chi connectivity index (χ2n) is 3.62. The zero-order chi connectivity index (χ0) is 13.5. The van der Waals surface area contributed by atoms with Gasteiger partial charge in [-0.1, -0.05) is 11.6 Å². The highest BCUT2D eigenvalue weighted by Gasteiger charge is 2.15. The molecular weight excluding hydrogens is 256 g/mol. The van der Waals surface area contributed by atoms with Crippen molar-refractivity contribution in [3.63, 3.8) is 0 Å². The topological polar surface area (TPSA) is 73.6 Å². The zero-order valence-electron chi connectivity index (χ0n) is 10.4. The van der Waals surface area contributed by atoms with Crippen LogP contribution in [0.3, 0.4) is 0 Å². The van der Waals surface area contributed by atoms with Crippen LogP contribution < -0.4 is 15.8 Å². The van der Waals surface area contributed by atoms with Crippen molar-refractivity contribution in [2.24, 2.45) is 5.73 Å². The smallest absolute Gasteiger partial charge is 0.243 e. The van der Waals surface area contributed by atoms with Crippen molar-refractivity contribution in [1.82, 2.24) is 0 Å². The van der Waals surface area contributed by atoms with E-state index in [1.807, 2.05) is 6.92 Å². The molecule has 1 amide bonds. The lowest BCUT2D eigenvalue weighted by molar-refractivity contribution is -0.118. The van der Waals surface area contributed by atoms with E-state index in [1.165, 1.54) is 7.11 Å². The lowest BCUT2D eigenvalue weighted by Crippen LogP contribution is -2.39. The van der Waals surface area contributed by atoms with Crippen LogP contribution in [0.1, 0.15) is 6.92 Å². The van der Waals surface area contributed by atoms with Crippen molar-refractivity contribution in [3.8, 4) is 5.75 Å². The Hall–Kier alpha value is -1.30. The molecule has 0 aliphatic carbocycles. The third-order valence-corrected chi connectivity index (χ3v) is 2.42. The van der Waals surface area contributed by atoms with Crippen molar-refractivity contribution in [1.29, 1.82) is 0 Å². The van der Waals surface area contributed by atoms with E-state index in [1.54, 1.807) is 18.2 Å². The average molecular weight is 273 g/mol. The fourth-order valence-electron chi connectivity index (χ4n) is 1.36. The maximum Gasteiger partial charge on any atom is 0.243 e. The molecule has 0 heterocycles. The highest BCUT2D eigenvalue weighted by Crippen LogP contribution is 2.28. The van der Waals surface area contributed by atoms with Crippen LogP contribution in [-0.2, 0) is 9.53 Å². The first kappa shape index (κ1) is 14.8. The minimum Gasteiger partial charge on any atom is -0.492 e. The predicted octanol–water partition coefficient (Wildman–Crippen LogP) is 1.65. The molecule has 0 saturated carbocycles. The summed E-state index contributed by atoms with van der Waals surface area (Å²) >= 11 is 5.86. The van der Waals surface area contributed by atoms with Gasteiger partial charge in [-0.15, -0.1) is 0 Å². The first-order chi connectivity index (χ1) is 8.58. The molecule has 1 aromatic rings. The second kappa shape index (κ2) is 7.20. The van der Waals surface area contributed by atoms with Crippen molar-refractivity contribution < 1.29 is 14.3 Å². The quantitative estimate of drug-likeness (QED) is 0.826. The van der Waals surface area contributed by atoms with Crippen LogP contribution in [0.15, 0.2) is 18.2 Å². The van der Waals surface area contributed by atoms with Crippen molar-refractivity contribution >= 4 is 23.2 Å². The highest BCUT2D eigenvalue weighted by molar-refractivity contribution is 6.30. The van der Waals surface area contributed by atoms with Crippen LogP contribution in [0.2, 0.25) is 5.02 Å². The maximum absolute atomic E-state index is 11.7. The van der Waals surface area contributed by atoms with Gasteiger partial charge >= 0.3 is 0 Å². The van der Waals surface area contributed by atoms with Gasteiger partial charge in [0.05, 0.1) is 18.9 Å². The number of anilines is 1. The number of nitrogens with two attached hydrogens (primary N) is 1. The Morgan fingerprint density at radius 1 is 1.56 bits per heavy atom. The van der Waals surface area contributed by atoms with E-state index in [9.17, 15) is 4.79 Å². The van der Waals surface area contributed by atoms with Gasteiger partial charge in [-0.25, -0.2) is 0 Å². The van der Waals surface area contributed by atoms with Gasteiger partial charge in [0, 0.05) is 18.2 Å². The van der Waals surface area contributed by atoms with Crippen LogP contribution in [0, 0.1) is 0 Å². The number of hydrogen-bond donors (Lipinski definition) is 2. The first-order valence-electron chi connectivity index (χ1n) is 5.56. The second-order valence-corrected chi connectivity index (χ2v) is 4.06. The van der Waals surface area contributed by atoms with Crippen molar-refractivity contribution in [2.75, 3.05) is 25.6 Å². The summed E-state index contributed by atoms with van der Waals surface area (Å²) in [6.45, 7) is 2.49. The van der Waals surface area contributed by atoms with Gasteiger partial charge < -0.3 is 20.5 Å². The molecule has 0 fully saturated rings. The van der Waals surface area contributed by atoms with Crippen LogP contribution >= 0.6 is 11.6 Å². The lowest BCUT2D eigenvalue weighted by atomic mass is 10.2. The Labute approximate surface area is 111 Å². The van der Waals surface area contributed by atoms with E-state index in [2.05, 4.69) is 5.32 Å². The van der Waals surface area contributed by atoms with Crippen LogP contribution in [0.5, 0.6) is 5.75 Å². The summed E-state index contributed by atoms with van der Waals surface area (Å²) in [6.07, 6.45) is 0. The molecule has 1 unspecified atom stereocenters. The van der Waals surface area contributed by atoms with E-state index >= 15 is 0 Å². The van der Waals surface area contributed by atoms with Gasteiger partial charge in [0.2, 0.25) is 5.91 Å². The molecule has 0 aliphatic heterocycles. The monoisotopic (exact) mass is 272 g/mol. The molecule has 6 heteroatoms. The number of carbonyl (C=O) groups is 1. The van der Waals surface area contributed by atoms with Gasteiger partial charge in [-0.3, -0.25) is 4.79 Å². The molecule has 0 radical (unpaired) electrons. The first-order valence-corrected chi connectivity index (χ1v) is 5.94. The fourth-order valence-corrected chi connectivity index (χ4v) is 1.52. The van der Waals surface area contributed by atoms with E-state index in [0.29, 0.717) is 23.1 Å². The lowest BCUT2D eigenvalue weighted by Gasteiger charge is -2.14. The molecule has 0 aromatic heterocycles. The number of halogens is 1. The van der Waals surface area contributed by atoms with E-state index < -0.39 is 6.04 Å². The number of nitrogens with one attached hydrogen (secondary N) is 1. The van der Waals surface area contributed by atoms with Gasteiger partial charge in [-0.2, -0.15) is 0 Å². The van der Waals surface area contributed by atoms with Crippen LogP contribution in [0.4, 0.5) is 5.69 Å².